The molecule has 6 unspecified atom stereocenters. The van der Waals surface area contributed by atoms with Gasteiger partial charge in [0.1, 0.15) is 18.1 Å². The number of amides is 1. The van der Waals surface area contributed by atoms with Crippen LogP contribution in [0.4, 0.5) is 13.2 Å². The van der Waals surface area contributed by atoms with E-state index in [-0.39, 0.29) is 12.0 Å². The normalized spacial score (nSPS) is 30.9. The van der Waals surface area contributed by atoms with Crippen molar-refractivity contribution in [2.75, 3.05) is 0 Å². The molecule has 1 aromatic rings. The summed E-state index contributed by atoms with van der Waals surface area (Å²) in [4.78, 5) is 37.8. The number of rotatable bonds is 4. The molecule has 1 amide bonds. The molecule has 2 bridgehead atoms. The summed E-state index contributed by atoms with van der Waals surface area (Å²) < 4.78 is 74.9. The molecule has 1 saturated heterocycles. The van der Waals surface area contributed by atoms with Crippen LogP contribution in [0.25, 0.3) is 0 Å². The van der Waals surface area contributed by atoms with Gasteiger partial charge in [0, 0.05) is 22.5 Å². The van der Waals surface area contributed by atoms with Gasteiger partial charge in [-0.2, -0.15) is 21.6 Å². The first-order valence-electron chi connectivity index (χ1n) is 8.92. The molecule has 3 aliphatic rings. The van der Waals surface area contributed by atoms with E-state index in [4.69, 9.17) is 9.47 Å². The zero-order valence-corrected chi connectivity index (χ0v) is 22.6. The van der Waals surface area contributed by atoms with Gasteiger partial charge in [-0.25, -0.2) is 9.52 Å². The summed E-state index contributed by atoms with van der Waals surface area (Å²) in [5, 5.41) is 0. The third-order valence-corrected chi connectivity index (χ3v) is 10.6. The van der Waals surface area contributed by atoms with Crippen LogP contribution in [0, 0.1) is 34.4 Å². The number of nitrogens with one attached hydrogen (secondary N) is 1. The average molecular weight is 811 g/mol. The number of alkyl halides is 3. The van der Waals surface area contributed by atoms with E-state index in [9.17, 15) is 36.0 Å². The van der Waals surface area contributed by atoms with Crippen molar-refractivity contribution in [3.8, 4) is 0 Å². The maximum atomic E-state index is 12.9. The number of ether oxygens (including phenoxy) is 2. The lowest BCUT2D eigenvalue weighted by Crippen LogP contribution is -2.50. The Balaban J connectivity index is 1.61. The van der Waals surface area contributed by atoms with Crippen LogP contribution in [-0.4, -0.2) is 44.0 Å². The first kappa shape index (κ1) is 24.7. The van der Waals surface area contributed by atoms with Gasteiger partial charge in [0.25, 0.3) is 0 Å². The summed E-state index contributed by atoms with van der Waals surface area (Å²) in [6.45, 7) is 0. The monoisotopic (exact) mass is 811 g/mol. The number of hydrogen-bond acceptors (Lipinski definition) is 7. The number of hydrogen-bond donors (Lipinski definition) is 1. The maximum absolute atomic E-state index is 12.9. The first-order chi connectivity index (χ1) is 14.7. The molecule has 6 atom stereocenters. The highest BCUT2D eigenvalue weighted by Crippen LogP contribution is 2.58. The van der Waals surface area contributed by atoms with Crippen LogP contribution in [0.5, 0.6) is 0 Å². The van der Waals surface area contributed by atoms with E-state index in [0.717, 1.165) is 11.9 Å². The molecule has 3 fully saturated rings. The minimum atomic E-state index is -5.93. The smallest absolute Gasteiger partial charge is 0.461 e. The van der Waals surface area contributed by atoms with E-state index in [2.05, 4.69) is 0 Å². The molecule has 1 aliphatic heterocycles. The summed E-state index contributed by atoms with van der Waals surface area (Å²) in [5.74, 6) is -6.54. The highest BCUT2D eigenvalue weighted by atomic mass is 127. The van der Waals surface area contributed by atoms with Crippen LogP contribution >= 0.6 is 67.8 Å². The van der Waals surface area contributed by atoms with E-state index in [1.165, 1.54) is 0 Å². The Morgan fingerprint density at radius 3 is 2.44 bits per heavy atom. The Hall–Kier alpha value is -0.440. The summed E-state index contributed by atoms with van der Waals surface area (Å²) in [6.07, 6.45) is -1.99. The average Bonchev–Trinajstić information content (AvgIpc) is 3.25. The lowest BCUT2D eigenvalue weighted by molar-refractivity contribution is -0.146. The lowest BCUT2D eigenvalue weighted by atomic mass is 9.79. The molecule has 0 spiro atoms. The standard InChI is InChI=1S/C17H11F3I3NO7S/c18-17(19,20)32(28,29)24-14(25)9-5-3-6-10(16(27)31-12(6)9)13(5)30-15(26)7-1-4(21)2-8(22)11(7)23/h1-2,5-6,9-10,12-13H,3H2,(H,24,25). The fraction of sp³-hybridized carbons (Fsp3) is 0.471. The van der Waals surface area contributed by atoms with Gasteiger partial charge >= 0.3 is 27.5 Å². The van der Waals surface area contributed by atoms with Crippen molar-refractivity contribution in [2.24, 2.45) is 23.7 Å². The molecule has 1 heterocycles. The maximum Gasteiger partial charge on any atom is 0.516 e. The van der Waals surface area contributed by atoms with Crippen molar-refractivity contribution < 1.29 is 45.4 Å². The third kappa shape index (κ3) is 4.01. The Morgan fingerprint density at radius 2 is 1.81 bits per heavy atom. The Labute approximate surface area is 220 Å². The summed E-state index contributed by atoms with van der Waals surface area (Å²) in [6, 6.07) is 3.44. The minimum Gasteiger partial charge on any atom is -0.461 e. The molecule has 0 aromatic heterocycles. The first-order valence-corrected chi connectivity index (χ1v) is 13.6. The van der Waals surface area contributed by atoms with Crippen molar-refractivity contribution in [3.05, 3.63) is 28.4 Å². The number of carbonyl (C=O) groups is 3. The fourth-order valence-corrected chi connectivity index (χ4v) is 7.53. The molecule has 0 radical (unpaired) electrons. The number of esters is 2. The molecule has 1 aromatic carbocycles. The van der Waals surface area contributed by atoms with Crippen LogP contribution in [-0.2, 0) is 29.1 Å². The summed E-state index contributed by atoms with van der Waals surface area (Å²) in [7, 11) is -5.93. The van der Waals surface area contributed by atoms with E-state index in [1.807, 2.05) is 73.8 Å². The molecule has 1 N–H and O–H groups in total. The molecule has 8 nitrogen and oxygen atoms in total. The quantitative estimate of drug-likeness (QED) is 0.283. The van der Waals surface area contributed by atoms with E-state index in [0.29, 0.717) is 3.57 Å². The minimum absolute atomic E-state index is 0.185. The SMILES string of the molecule is O=C(OC1C2CC3C(OC(=O)C31)C2C(=O)NS(=O)(=O)C(F)(F)F)c1cc(I)cc(I)c1I. The zero-order valence-electron chi connectivity index (χ0n) is 15.4. The highest BCUT2D eigenvalue weighted by Gasteiger charge is 2.70. The highest BCUT2D eigenvalue weighted by molar-refractivity contribution is 14.1. The second-order valence-electron chi connectivity index (χ2n) is 7.55. The van der Waals surface area contributed by atoms with Crippen LogP contribution < -0.4 is 4.72 Å². The van der Waals surface area contributed by atoms with Crippen molar-refractivity contribution in [1.29, 1.82) is 0 Å². The number of carbonyl (C=O) groups excluding carboxylic acids is 3. The number of halogens is 6. The Morgan fingerprint density at radius 1 is 1.16 bits per heavy atom. The van der Waals surface area contributed by atoms with Gasteiger partial charge in [-0.3, -0.25) is 9.59 Å². The van der Waals surface area contributed by atoms with Gasteiger partial charge < -0.3 is 9.47 Å². The Kier molecular flexibility index (Phi) is 6.44. The zero-order chi connectivity index (χ0) is 23.7. The molecule has 2 aliphatic carbocycles. The van der Waals surface area contributed by atoms with Gasteiger partial charge in [0.15, 0.2) is 0 Å². The molecule has 174 valence electrons. The van der Waals surface area contributed by atoms with E-state index in [1.54, 1.807) is 6.07 Å². The molecule has 2 saturated carbocycles. The van der Waals surface area contributed by atoms with Crippen molar-refractivity contribution in [1.82, 2.24) is 4.72 Å². The largest absolute Gasteiger partial charge is 0.516 e. The predicted octanol–water partition coefficient (Wildman–Crippen LogP) is 2.80. The van der Waals surface area contributed by atoms with Crippen molar-refractivity contribution in [2.45, 2.75) is 24.1 Å². The van der Waals surface area contributed by atoms with Crippen LogP contribution in [0.3, 0.4) is 0 Å². The molecule has 15 heteroatoms. The van der Waals surface area contributed by atoms with Crippen molar-refractivity contribution >= 4 is 95.6 Å². The van der Waals surface area contributed by atoms with Gasteiger partial charge in [-0.05, 0) is 86.3 Å². The van der Waals surface area contributed by atoms with Crippen LogP contribution in [0.1, 0.15) is 16.8 Å². The Bertz CT molecular complexity index is 1140. The molecule has 4 rings (SSSR count). The lowest BCUT2D eigenvalue weighted by Gasteiger charge is -2.30. The molecule has 32 heavy (non-hydrogen) atoms. The second-order valence-corrected chi connectivity index (χ2v) is 12.7. The third-order valence-electron chi connectivity index (χ3n) is 5.84. The van der Waals surface area contributed by atoms with E-state index >= 15 is 0 Å². The summed E-state index contributed by atoms with van der Waals surface area (Å²) >= 11 is 6.04. The summed E-state index contributed by atoms with van der Waals surface area (Å²) in [5.41, 5.74) is -5.44. The fourth-order valence-electron chi connectivity index (χ4n) is 4.64. The van der Waals surface area contributed by atoms with Crippen LogP contribution in [0.15, 0.2) is 12.1 Å². The molecular formula is C17H11F3I3NO7S. The number of benzene rings is 1. The van der Waals surface area contributed by atoms with Gasteiger partial charge in [-0.15, -0.1) is 0 Å². The van der Waals surface area contributed by atoms with Crippen LogP contribution in [0.2, 0.25) is 0 Å². The number of sulfonamides is 1. The molecular weight excluding hydrogens is 800 g/mol. The topological polar surface area (TPSA) is 116 Å². The predicted molar refractivity (Wildman–Crippen MR) is 125 cm³/mol. The second kappa shape index (κ2) is 8.35. The number of fused-ring (bicyclic) bond motifs is 1. The van der Waals surface area contributed by atoms with Gasteiger partial charge in [0.2, 0.25) is 5.91 Å². The van der Waals surface area contributed by atoms with Gasteiger partial charge in [-0.1, -0.05) is 0 Å². The van der Waals surface area contributed by atoms with Crippen molar-refractivity contribution in [3.63, 3.8) is 0 Å². The van der Waals surface area contributed by atoms with E-state index < -0.39 is 69.3 Å². The van der Waals surface area contributed by atoms with Gasteiger partial charge in [0.05, 0.1) is 11.5 Å².